The monoisotopic (exact) mass is 502 g/mol. The lowest BCUT2D eigenvalue weighted by Crippen LogP contribution is -2.12. The van der Waals surface area contributed by atoms with E-state index in [1.165, 1.54) is 50.1 Å². The lowest BCUT2D eigenvalue weighted by molar-refractivity contribution is 0.411. The molecule has 0 spiro atoms. The van der Waals surface area contributed by atoms with Gasteiger partial charge >= 0.3 is 0 Å². The maximum Gasteiger partial charge on any atom is 0.0561 e. The van der Waals surface area contributed by atoms with Crippen molar-refractivity contribution in [2.24, 2.45) is 11.3 Å². The van der Waals surface area contributed by atoms with Crippen LogP contribution in [0.3, 0.4) is 0 Å². The highest BCUT2D eigenvalue weighted by atomic mass is 14.4. The molecule has 0 bridgehead atoms. The SMILES string of the molecule is C#CC1(c2cc(CC(C)(C)C)cc(C(=C)C[C@@H](C)C3=CC(C)=CC3c3ccc(C(=C)CCC)cc3)c2)CC1. The predicted molar refractivity (Wildman–Crippen MR) is 167 cm³/mol. The second kappa shape index (κ2) is 11.0. The average Bonchev–Trinajstić information content (AvgIpc) is 3.57. The number of terminal acetylenes is 1. The van der Waals surface area contributed by atoms with Gasteiger partial charge in [0.25, 0.3) is 0 Å². The van der Waals surface area contributed by atoms with Gasteiger partial charge in [-0.1, -0.05) is 120 Å². The Morgan fingerprint density at radius 2 is 1.74 bits per heavy atom. The van der Waals surface area contributed by atoms with E-state index in [1.54, 1.807) is 0 Å². The maximum atomic E-state index is 6.00. The van der Waals surface area contributed by atoms with Gasteiger partial charge in [-0.15, -0.1) is 6.42 Å². The highest BCUT2D eigenvalue weighted by molar-refractivity contribution is 5.67. The van der Waals surface area contributed by atoms with Crippen molar-refractivity contribution in [2.45, 2.75) is 91.4 Å². The Balaban J connectivity index is 1.55. The van der Waals surface area contributed by atoms with Gasteiger partial charge in [0, 0.05) is 5.92 Å². The number of benzene rings is 2. The van der Waals surface area contributed by atoms with E-state index >= 15 is 0 Å². The minimum Gasteiger partial charge on any atom is -0.119 e. The molecule has 4 rings (SSSR count). The molecule has 1 saturated carbocycles. The lowest BCUT2D eigenvalue weighted by Gasteiger charge is -2.24. The fourth-order valence-corrected chi connectivity index (χ4v) is 6.00. The molecule has 0 nitrogen and oxygen atoms in total. The van der Waals surface area contributed by atoms with Gasteiger partial charge in [0.15, 0.2) is 0 Å². The number of hydrogen-bond acceptors (Lipinski definition) is 0. The largest absolute Gasteiger partial charge is 0.119 e. The number of hydrogen-bond donors (Lipinski definition) is 0. The Kier molecular flexibility index (Phi) is 8.09. The molecule has 2 aromatic rings. The van der Waals surface area contributed by atoms with Crippen LogP contribution in [0.2, 0.25) is 0 Å². The van der Waals surface area contributed by atoms with Gasteiger partial charge in [-0.25, -0.2) is 0 Å². The van der Waals surface area contributed by atoms with E-state index in [4.69, 9.17) is 6.42 Å². The van der Waals surface area contributed by atoms with Crippen LogP contribution in [0.1, 0.15) is 107 Å². The summed E-state index contributed by atoms with van der Waals surface area (Å²) in [5.74, 6) is 3.83. The van der Waals surface area contributed by atoms with E-state index in [1.807, 2.05) is 0 Å². The topological polar surface area (TPSA) is 0 Å². The Bertz CT molecular complexity index is 1310. The molecule has 0 amide bonds. The molecule has 0 heteroatoms. The summed E-state index contributed by atoms with van der Waals surface area (Å²) in [6.45, 7) is 22.6. The first-order valence-corrected chi connectivity index (χ1v) is 14.4. The molecule has 2 aliphatic carbocycles. The van der Waals surface area contributed by atoms with E-state index in [2.05, 4.69) is 115 Å². The quantitative estimate of drug-likeness (QED) is 0.283. The van der Waals surface area contributed by atoms with Gasteiger partial charge in [0.2, 0.25) is 0 Å². The Morgan fingerprint density at radius 1 is 1.05 bits per heavy atom. The fraction of sp³-hybridized carbons (Fsp3) is 0.421. The second-order valence-corrected chi connectivity index (χ2v) is 13.1. The molecule has 0 radical (unpaired) electrons. The summed E-state index contributed by atoms with van der Waals surface area (Å²) in [5, 5.41) is 0. The van der Waals surface area contributed by atoms with E-state index in [-0.39, 0.29) is 10.8 Å². The standard InChI is InChI=1S/C38H46/c1-10-12-27(4)31-13-15-32(16-14-31)36-20-26(3)19-35(36)29(6)21-28(5)33-22-30(25-37(7,8)9)23-34(24-33)38(11-2)17-18-38/h2,13-16,19-20,22-24,29,36H,4-5,10,12,17-18,21,25H2,1,3,6-9H3/t29-,36?/m1/s1. The molecule has 0 aromatic heterocycles. The molecule has 0 heterocycles. The van der Waals surface area contributed by atoms with Crippen LogP contribution in [-0.2, 0) is 11.8 Å². The van der Waals surface area contributed by atoms with Crippen LogP contribution in [0.25, 0.3) is 11.1 Å². The minimum absolute atomic E-state index is 0.0662. The first-order chi connectivity index (χ1) is 17.9. The first-order valence-electron chi connectivity index (χ1n) is 14.4. The first kappa shape index (κ1) is 28.0. The number of allylic oxidation sites excluding steroid dienone is 6. The molecule has 2 atom stereocenters. The molecule has 38 heavy (non-hydrogen) atoms. The van der Waals surface area contributed by atoms with Crippen molar-refractivity contribution in [1.29, 1.82) is 0 Å². The normalized spacial score (nSPS) is 18.8. The second-order valence-electron chi connectivity index (χ2n) is 13.1. The summed E-state index contributed by atoms with van der Waals surface area (Å²) in [6.07, 6.45) is 17.1. The van der Waals surface area contributed by atoms with Crippen molar-refractivity contribution in [2.75, 3.05) is 0 Å². The molecule has 1 fully saturated rings. The number of rotatable bonds is 10. The Hall–Kier alpha value is -3.04. The van der Waals surface area contributed by atoms with Crippen molar-refractivity contribution in [3.05, 3.63) is 107 Å². The summed E-state index contributed by atoms with van der Waals surface area (Å²) in [6, 6.07) is 16.1. The fourth-order valence-electron chi connectivity index (χ4n) is 6.00. The molecule has 1 unspecified atom stereocenters. The zero-order chi connectivity index (χ0) is 27.7. The minimum atomic E-state index is -0.0662. The molecule has 198 valence electrons. The van der Waals surface area contributed by atoms with Crippen LogP contribution in [0.5, 0.6) is 0 Å². The summed E-state index contributed by atoms with van der Waals surface area (Å²) in [4.78, 5) is 0. The zero-order valence-electron chi connectivity index (χ0n) is 24.6. The predicted octanol–water partition coefficient (Wildman–Crippen LogP) is 10.5. The van der Waals surface area contributed by atoms with Gasteiger partial charge in [0.1, 0.15) is 0 Å². The van der Waals surface area contributed by atoms with Crippen LogP contribution in [0.15, 0.2) is 78.9 Å². The summed E-state index contributed by atoms with van der Waals surface area (Å²) >= 11 is 0. The van der Waals surface area contributed by atoms with Crippen LogP contribution in [-0.4, -0.2) is 0 Å². The molecule has 0 aliphatic heterocycles. The van der Waals surface area contributed by atoms with Crippen LogP contribution >= 0.6 is 0 Å². The van der Waals surface area contributed by atoms with E-state index in [9.17, 15) is 0 Å². The molecular weight excluding hydrogens is 456 g/mol. The third kappa shape index (κ3) is 6.32. The van der Waals surface area contributed by atoms with Gasteiger partial charge in [-0.05, 0) is 95.4 Å². The van der Waals surface area contributed by atoms with Crippen LogP contribution < -0.4 is 0 Å². The lowest BCUT2D eigenvalue weighted by atomic mass is 9.80. The summed E-state index contributed by atoms with van der Waals surface area (Å²) in [5.41, 5.74) is 12.0. The van der Waals surface area contributed by atoms with Crippen molar-refractivity contribution in [3.63, 3.8) is 0 Å². The molecule has 2 aromatic carbocycles. The van der Waals surface area contributed by atoms with Crippen LogP contribution in [0, 0.1) is 23.7 Å². The van der Waals surface area contributed by atoms with Gasteiger partial charge < -0.3 is 0 Å². The van der Waals surface area contributed by atoms with Crippen molar-refractivity contribution >= 4 is 11.1 Å². The van der Waals surface area contributed by atoms with E-state index < -0.39 is 0 Å². The highest BCUT2D eigenvalue weighted by Crippen LogP contribution is 2.49. The third-order valence-corrected chi connectivity index (χ3v) is 8.25. The van der Waals surface area contributed by atoms with Gasteiger partial charge in [0.05, 0.1) is 5.41 Å². The van der Waals surface area contributed by atoms with E-state index in [0.717, 1.165) is 38.5 Å². The molecule has 0 N–H and O–H groups in total. The Labute approximate surface area is 232 Å². The smallest absolute Gasteiger partial charge is 0.0561 e. The Morgan fingerprint density at radius 3 is 2.32 bits per heavy atom. The molecule has 2 aliphatic rings. The summed E-state index contributed by atoms with van der Waals surface area (Å²) in [7, 11) is 0. The summed E-state index contributed by atoms with van der Waals surface area (Å²) < 4.78 is 0. The molecular formula is C38H46. The van der Waals surface area contributed by atoms with E-state index in [0.29, 0.717) is 11.8 Å². The van der Waals surface area contributed by atoms with Gasteiger partial charge in [-0.3, -0.25) is 0 Å². The van der Waals surface area contributed by atoms with Crippen molar-refractivity contribution in [3.8, 4) is 12.3 Å². The average molecular weight is 503 g/mol. The van der Waals surface area contributed by atoms with Crippen molar-refractivity contribution < 1.29 is 0 Å². The highest BCUT2D eigenvalue weighted by Gasteiger charge is 2.43. The van der Waals surface area contributed by atoms with Crippen molar-refractivity contribution in [1.82, 2.24) is 0 Å². The van der Waals surface area contributed by atoms with Crippen LogP contribution in [0.4, 0.5) is 0 Å². The maximum absolute atomic E-state index is 6.00. The third-order valence-electron chi connectivity index (χ3n) is 8.25. The molecule has 0 saturated heterocycles. The van der Waals surface area contributed by atoms with Gasteiger partial charge in [-0.2, -0.15) is 0 Å². The zero-order valence-corrected chi connectivity index (χ0v) is 24.6.